The van der Waals surface area contributed by atoms with E-state index >= 15 is 0 Å². The highest BCUT2D eigenvalue weighted by atomic mass is 16.5. The van der Waals surface area contributed by atoms with Gasteiger partial charge < -0.3 is 10.1 Å². The third kappa shape index (κ3) is 3.30. The van der Waals surface area contributed by atoms with Gasteiger partial charge in [-0.3, -0.25) is 0 Å². The molecule has 0 aromatic heterocycles. The molecule has 2 rings (SSSR count). The largest absolute Gasteiger partial charge is 0.378 e. The van der Waals surface area contributed by atoms with E-state index in [0.29, 0.717) is 18.1 Å². The van der Waals surface area contributed by atoms with Crippen LogP contribution in [0.15, 0.2) is 30.3 Å². The van der Waals surface area contributed by atoms with E-state index in [1.165, 1.54) is 12.0 Å². The van der Waals surface area contributed by atoms with Crippen LogP contribution in [0.5, 0.6) is 0 Å². The fourth-order valence-electron chi connectivity index (χ4n) is 2.57. The molecule has 1 aliphatic rings. The van der Waals surface area contributed by atoms with Gasteiger partial charge in [0.25, 0.3) is 0 Å². The van der Waals surface area contributed by atoms with Crippen molar-refractivity contribution in [3.63, 3.8) is 0 Å². The van der Waals surface area contributed by atoms with Gasteiger partial charge in [0, 0.05) is 19.2 Å². The maximum absolute atomic E-state index is 5.71. The Balaban J connectivity index is 1.82. The first-order valence-electron chi connectivity index (χ1n) is 6.71. The standard InChI is InChI=1S/C15H23NO/c1-3-15-14(9-10-17-15)11-16-12(2)13-7-5-4-6-8-13/h4-8,12,14-16H,3,9-11H2,1-2H3. The SMILES string of the molecule is CCC1OCCC1CNC(C)c1ccccc1. The Morgan fingerprint density at radius 1 is 1.35 bits per heavy atom. The summed E-state index contributed by atoms with van der Waals surface area (Å²) in [6, 6.07) is 11.0. The van der Waals surface area contributed by atoms with Gasteiger partial charge in [0.1, 0.15) is 0 Å². The Hall–Kier alpha value is -0.860. The quantitative estimate of drug-likeness (QED) is 0.843. The van der Waals surface area contributed by atoms with E-state index in [4.69, 9.17) is 4.74 Å². The second-order valence-electron chi connectivity index (χ2n) is 4.91. The Morgan fingerprint density at radius 2 is 2.12 bits per heavy atom. The predicted octanol–water partition coefficient (Wildman–Crippen LogP) is 3.15. The average molecular weight is 233 g/mol. The van der Waals surface area contributed by atoms with Gasteiger partial charge in [-0.2, -0.15) is 0 Å². The molecular weight excluding hydrogens is 210 g/mol. The van der Waals surface area contributed by atoms with Crippen LogP contribution >= 0.6 is 0 Å². The summed E-state index contributed by atoms with van der Waals surface area (Å²) in [7, 11) is 0. The molecule has 0 bridgehead atoms. The van der Waals surface area contributed by atoms with Gasteiger partial charge in [-0.05, 0) is 31.2 Å². The maximum atomic E-state index is 5.71. The Bertz CT molecular complexity index is 325. The van der Waals surface area contributed by atoms with Crippen LogP contribution in [-0.4, -0.2) is 19.3 Å². The highest BCUT2D eigenvalue weighted by Crippen LogP contribution is 2.23. The van der Waals surface area contributed by atoms with Gasteiger partial charge in [-0.15, -0.1) is 0 Å². The summed E-state index contributed by atoms with van der Waals surface area (Å²) >= 11 is 0. The smallest absolute Gasteiger partial charge is 0.0613 e. The summed E-state index contributed by atoms with van der Waals surface area (Å²) in [4.78, 5) is 0. The molecule has 2 heteroatoms. The lowest BCUT2D eigenvalue weighted by molar-refractivity contribution is 0.0867. The van der Waals surface area contributed by atoms with Crippen molar-refractivity contribution >= 4 is 0 Å². The molecule has 1 fully saturated rings. The first-order chi connectivity index (χ1) is 8.31. The zero-order valence-corrected chi connectivity index (χ0v) is 10.9. The molecule has 1 aliphatic heterocycles. The summed E-state index contributed by atoms with van der Waals surface area (Å²) in [5.74, 6) is 0.686. The molecule has 2 nitrogen and oxygen atoms in total. The van der Waals surface area contributed by atoms with Crippen molar-refractivity contribution in [1.82, 2.24) is 5.32 Å². The molecule has 17 heavy (non-hydrogen) atoms. The summed E-state index contributed by atoms with van der Waals surface area (Å²) in [6.45, 7) is 6.44. The Kier molecular flexibility index (Phi) is 4.57. The minimum absolute atomic E-state index is 0.425. The van der Waals surface area contributed by atoms with Crippen molar-refractivity contribution in [2.45, 2.75) is 38.8 Å². The average Bonchev–Trinajstić information content (AvgIpc) is 2.84. The van der Waals surface area contributed by atoms with E-state index in [1.807, 2.05) is 0 Å². The second kappa shape index (κ2) is 6.18. The van der Waals surface area contributed by atoms with Crippen molar-refractivity contribution < 1.29 is 4.74 Å². The lowest BCUT2D eigenvalue weighted by Gasteiger charge is -2.20. The topological polar surface area (TPSA) is 21.3 Å². The Morgan fingerprint density at radius 3 is 2.82 bits per heavy atom. The number of hydrogen-bond donors (Lipinski definition) is 1. The zero-order chi connectivity index (χ0) is 12.1. The fraction of sp³-hybridized carbons (Fsp3) is 0.600. The Labute approximate surface area is 104 Å². The molecule has 3 unspecified atom stereocenters. The highest BCUT2D eigenvalue weighted by molar-refractivity contribution is 5.18. The predicted molar refractivity (Wildman–Crippen MR) is 71.0 cm³/mol. The number of benzene rings is 1. The minimum Gasteiger partial charge on any atom is -0.378 e. The molecule has 1 heterocycles. The van der Waals surface area contributed by atoms with Crippen LogP contribution in [0.3, 0.4) is 0 Å². The van der Waals surface area contributed by atoms with Crippen molar-refractivity contribution in [2.75, 3.05) is 13.2 Å². The van der Waals surface area contributed by atoms with Gasteiger partial charge in [-0.25, -0.2) is 0 Å². The van der Waals surface area contributed by atoms with Crippen molar-refractivity contribution in [3.8, 4) is 0 Å². The van der Waals surface area contributed by atoms with Crippen LogP contribution in [0, 0.1) is 5.92 Å². The molecule has 1 N–H and O–H groups in total. The molecule has 1 aromatic carbocycles. The van der Waals surface area contributed by atoms with Gasteiger partial charge in [-0.1, -0.05) is 37.3 Å². The first kappa shape index (κ1) is 12.6. The van der Waals surface area contributed by atoms with E-state index in [2.05, 4.69) is 49.5 Å². The number of ether oxygens (including phenoxy) is 1. The second-order valence-corrected chi connectivity index (χ2v) is 4.91. The van der Waals surface area contributed by atoms with E-state index in [-0.39, 0.29) is 0 Å². The first-order valence-corrected chi connectivity index (χ1v) is 6.71. The van der Waals surface area contributed by atoms with Crippen LogP contribution in [0.2, 0.25) is 0 Å². The third-order valence-corrected chi connectivity index (χ3v) is 3.73. The van der Waals surface area contributed by atoms with Gasteiger partial charge in [0.15, 0.2) is 0 Å². The highest BCUT2D eigenvalue weighted by Gasteiger charge is 2.26. The van der Waals surface area contributed by atoms with E-state index < -0.39 is 0 Å². The van der Waals surface area contributed by atoms with Crippen molar-refractivity contribution in [1.29, 1.82) is 0 Å². The van der Waals surface area contributed by atoms with Gasteiger partial charge >= 0.3 is 0 Å². The van der Waals surface area contributed by atoms with Crippen molar-refractivity contribution in [2.24, 2.45) is 5.92 Å². The van der Waals surface area contributed by atoms with Crippen LogP contribution in [0.4, 0.5) is 0 Å². The molecule has 1 aromatic rings. The third-order valence-electron chi connectivity index (χ3n) is 3.73. The molecule has 0 saturated carbocycles. The molecule has 0 spiro atoms. The van der Waals surface area contributed by atoms with E-state index in [0.717, 1.165) is 19.6 Å². The van der Waals surface area contributed by atoms with Crippen LogP contribution in [-0.2, 0) is 4.74 Å². The molecule has 0 aliphatic carbocycles. The van der Waals surface area contributed by atoms with Gasteiger partial charge in [0.05, 0.1) is 6.10 Å². The van der Waals surface area contributed by atoms with Crippen LogP contribution in [0.25, 0.3) is 0 Å². The van der Waals surface area contributed by atoms with Crippen molar-refractivity contribution in [3.05, 3.63) is 35.9 Å². The molecule has 1 saturated heterocycles. The summed E-state index contributed by atoms with van der Waals surface area (Å²) in [5, 5.41) is 3.63. The summed E-state index contributed by atoms with van der Waals surface area (Å²) in [6.07, 6.45) is 2.80. The molecule has 3 atom stereocenters. The van der Waals surface area contributed by atoms with Gasteiger partial charge in [0.2, 0.25) is 0 Å². The monoisotopic (exact) mass is 233 g/mol. The summed E-state index contributed by atoms with van der Waals surface area (Å²) in [5.41, 5.74) is 1.36. The molecule has 0 amide bonds. The summed E-state index contributed by atoms with van der Waals surface area (Å²) < 4.78 is 5.71. The molecular formula is C15H23NO. The molecule has 94 valence electrons. The van der Waals surface area contributed by atoms with Crippen LogP contribution < -0.4 is 5.32 Å². The lowest BCUT2D eigenvalue weighted by atomic mass is 9.99. The number of rotatable bonds is 5. The van der Waals surface area contributed by atoms with E-state index in [9.17, 15) is 0 Å². The zero-order valence-electron chi connectivity index (χ0n) is 10.9. The molecule has 0 radical (unpaired) electrons. The normalized spacial score (nSPS) is 26.0. The lowest BCUT2D eigenvalue weighted by Crippen LogP contribution is -2.30. The minimum atomic E-state index is 0.425. The number of hydrogen-bond acceptors (Lipinski definition) is 2. The maximum Gasteiger partial charge on any atom is 0.0613 e. The van der Waals surface area contributed by atoms with E-state index in [1.54, 1.807) is 0 Å². The fourth-order valence-corrected chi connectivity index (χ4v) is 2.57. The number of nitrogens with one attached hydrogen (secondary N) is 1. The van der Waals surface area contributed by atoms with Crippen LogP contribution in [0.1, 0.15) is 38.3 Å².